The first kappa shape index (κ1) is 19.6. The standard InChI is InChI=1S/C22H25N5OS/c1-5-6-15-9-16(12-24-11-15)17-10-18(29-13-17)21(2)22(7-8-26(3)14-22)19(28)27(4)20(23)25-21/h9-13H,7-8,14H2,1-4H3,(H2,23,25)/t21-,22?/m1/s1. The topological polar surface area (TPSA) is 72.3 Å². The van der Waals surface area contributed by atoms with Crippen LogP contribution < -0.4 is 5.32 Å². The first-order chi connectivity index (χ1) is 13.8. The first-order valence-electron chi connectivity index (χ1n) is 9.61. The van der Waals surface area contributed by atoms with E-state index >= 15 is 0 Å². The number of guanidine groups is 1. The maximum Gasteiger partial charge on any atom is 0.239 e. The van der Waals surface area contributed by atoms with E-state index in [0.717, 1.165) is 34.5 Å². The molecule has 0 bridgehead atoms. The van der Waals surface area contributed by atoms with Gasteiger partial charge in [0.05, 0.1) is 11.0 Å². The number of carbonyl (C=O) groups is 1. The van der Waals surface area contributed by atoms with E-state index < -0.39 is 11.0 Å². The van der Waals surface area contributed by atoms with Gasteiger partial charge in [-0.2, -0.15) is 0 Å². The predicted octanol–water partition coefficient (Wildman–Crippen LogP) is 2.71. The molecule has 6 nitrogen and oxygen atoms in total. The van der Waals surface area contributed by atoms with Crippen LogP contribution in [0.4, 0.5) is 0 Å². The van der Waals surface area contributed by atoms with E-state index in [1.807, 2.05) is 26.2 Å². The van der Waals surface area contributed by atoms with Crippen LogP contribution in [0.15, 0.2) is 29.9 Å². The molecule has 2 aliphatic heterocycles. The highest BCUT2D eigenvalue weighted by Gasteiger charge is 2.62. The van der Waals surface area contributed by atoms with Gasteiger partial charge in [0.1, 0.15) is 0 Å². The van der Waals surface area contributed by atoms with Gasteiger partial charge in [-0.1, -0.05) is 5.92 Å². The molecule has 0 radical (unpaired) electrons. The molecule has 2 N–H and O–H groups in total. The summed E-state index contributed by atoms with van der Waals surface area (Å²) in [6, 6.07) is 4.16. The summed E-state index contributed by atoms with van der Waals surface area (Å²) in [6.45, 7) is 5.41. The number of rotatable bonds is 2. The molecule has 2 aliphatic rings. The Morgan fingerprint density at radius 1 is 1.28 bits per heavy atom. The number of aromatic nitrogens is 1. The number of hydrogen-bond acceptors (Lipinski definition) is 5. The van der Waals surface area contributed by atoms with Crippen molar-refractivity contribution in [1.82, 2.24) is 20.1 Å². The summed E-state index contributed by atoms with van der Waals surface area (Å²) in [7, 11) is 3.73. The van der Waals surface area contributed by atoms with E-state index in [9.17, 15) is 4.79 Å². The first-order valence-corrected chi connectivity index (χ1v) is 10.5. The smallest absolute Gasteiger partial charge is 0.239 e. The van der Waals surface area contributed by atoms with E-state index in [0.29, 0.717) is 6.54 Å². The van der Waals surface area contributed by atoms with Gasteiger partial charge in [-0.3, -0.25) is 20.1 Å². The van der Waals surface area contributed by atoms with E-state index in [2.05, 4.69) is 45.4 Å². The second-order valence-corrected chi connectivity index (χ2v) is 8.98. The van der Waals surface area contributed by atoms with Gasteiger partial charge in [0.15, 0.2) is 5.96 Å². The van der Waals surface area contributed by atoms with Gasteiger partial charge in [0, 0.05) is 42.0 Å². The van der Waals surface area contributed by atoms with Gasteiger partial charge in [-0.25, -0.2) is 0 Å². The van der Waals surface area contributed by atoms with Crippen molar-refractivity contribution in [2.24, 2.45) is 5.41 Å². The number of carbonyl (C=O) groups excluding carboxylic acids is 1. The lowest BCUT2D eigenvalue weighted by molar-refractivity contribution is -0.144. The average molecular weight is 408 g/mol. The monoisotopic (exact) mass is 407 g/mol. The van der Waals surface area contributed by atoms with Crippen molar-refractivity contribution in [3.05, 3.63) is 40.3 Å². The van der Waals surface area contributed by atoms with Crippen molar-refractivity contribution < 1.29 is 4.79 Å². The van der Waals surface area contributed by atoms with Crippen molar-refractivity contribution in [3.8, 4) is 23.0 Å². The Hall–Kier alpha value is -2.69. The van der Waals surface area contributed by atoms with Crippen molar-refractivity contribution in [2.45, 2.75) is 25.8 Å². The Balaban J connectivity index is 1.78. The molecule has 2 aromatic rings. The van der Waals surface area contributed by atoms with Crippen LogP contribution in [0.2, 0.25) is 0 Å². The molecule has 4 heterocycles. The fourth-order valence-electron chi connectivity index (χ4n) is 4.52. The third kappa shape index (κ3) is 2.95. The Morgan fingerprint density at radius 2 is 2.07 bits per heavy atom. The van der Waals surface area contributed by atoms with Crippen LogP contribution in [0.3, 0.4) is 0 Å². The van der Waals surface area contributed by atoms with Gasteiger partial charge in [-0.05, 0) is 56.9 Å². The molecule has 1 amide bonds. The highest BCUT2D eigenvalue weighted by Crippen LogP contribution is 2.51. The minimum Gasteiger partial charge on any atom is -0.345 e. The minimum atomic E-state index is -0.643. The number of nitrogens with zero attached hydrogens (tertiary/aromatic N) is 3. The maximum atomic E-state index is 13.4. The van der Waals surface area contributed by atoms with Gasteiger partial charge >= 0.3 is 0 Å². The van der Waals surface area contributed by atoms with Gasteiger partial charge in [-0.15, -0.1) is 17.3 Å². The number of nitrogens with one attached hydrogen (secondary N) is 2. The van der Waals surface area contributed by atoms with Crippen molar-refractivity contribution in [1.29, 1.82) is 5.41 Å². The quantitative estimate of drug-likeness (QED) is 0.751. The van der Waals surface area contributed by atoms with E-state index in [1.54, 1.807) is 24.6 Å². The zero-order valence-electron chi connectivity index (χ0n) is 17.2. The third-order valence-electron chi connectivity index (χ3n) is 6.27. The summed E-state index contributed by atoms with van der Waals surface area (Å²) in [5.74, 6) is 6.13. The van der Waals surface area contributed by atoms with Crippen LogP contribution in [-0.2, 0) is 10.3 Å². The maximum absolute atomic E-state index is 13.4. The zero-order valence-corrected chi connectivity index (χ0v) is 18.0. The predicted molar refractivity (Wildman–Crippen MR) is 116 cm³/mol. The SMILES string of the molecule is CC#Cc1cncc(-c2csc([C@@]3(C)NC(=N)N(C)C(=O)C34CCN(C)C4)c2)c1. The van der Waals surface area contributed by atoms with E-state index in [1.165, 1.54) is 4.90 Å². The summed E-state index contributed by atoms with van der Waals surface area (Å²) >= 11 is 1.62. The lowest BCUT2D eigenvalue weighted by Gasteiger charge is -2.51. The van der Waals surface area contributed by atoms with Crippen molar-refractivity contribution in [3.63, 3.8) is 0 Å². The van der Waals surface area contributed by atoms with Gasteiger partial charge in [0.2, 0.25) is 5.91 Å². The normalized spacial score (nSPS) is 27.1. The highest BCUT2D eigenvalue weighted by molar-refractivity contribution is 7.10. The fraction of sp³-hybridized carbons (Fsp3) is 0.409. The van der Waals surface area contributed by atoms with E-state index in [-0.39, 0.29) is 11.9 Å². The van der Waals surface area contributed by atoms with Gasteiger partial charge < -0.3 is 10.2 Å². The molecule has 29 heavy (non-hydrogen) atoms. The molecule has 0 saturated carbocycles. The number of amides is 1. The molecule has 2 atom stereocenters. The molecule has 7 heteroatoms. The summed E-state index contributed by atoms with van der Waals surface area (Å²) < 4.78 is 0. The fourth-order valence-corrected chi connectivity index (χ4v) is 5.65. The minimum absolute atomic E-state index is 0.0185. The molecule has 150 valence electrons. The summed E-state index contributed by atoms with van der Waals surface area (Å²) in [5, 5.41) is 13.8. The average Bonchev–Trinajstić information content (AvgIpc) is 3.34. The van der Waals surface area contributed by atoms with Crippen LogP contribution in [0.25, 0.3) is 11.1 Å². The molecule has 0 aliphatic carbocycles. The molecule has 2 saturated heterocycles. The summed E-state index contributed by atoms with van der Waals surface area (Å²) in [5.41, 5.74) is 1.70. The Labute approximate surface area is 175 Å². The zero-order chi connectivity index (χ0) is 20.8. The molecule has 2 fully saturated rings. The second kappa shape index (κ2) is 6.97. The molecule has 2 aromatic heterocycles. The van der Waals surface area contributed by atoms with Crippen LogP contribution >= 0.6 is 11.3 Å². The Kier molecular flexibility index (Phi) is 4.72. The number of likely N-dealkylation sites (tertiary alicyclic amines) is 1. The molecular weight excluding hydrogens is 382 g/mol. The molecule has 0 aromatic carbocycles. The Morgan fingerprint density at radius 3 is 2.76 bits per heavy atom. The third-order valence-corrected chi connectivity index (χ3v) is 7.42. The van der Waals surface area contributed by atoms with Crippen molar-refractivity contribution in [2.75, 3.05) is 27.2 Å². The summed E-state index contributed by atoms with van der Waals surface area (Å²) in [6.07, 6.45) is 4.36. The largest absolute Gasteiger partial charge is 0.345 e. The molecule has 1 unspecified atom stereocenters. The van der Waals surface area contributed by atoms with Gasteiger partial charge in [0.25, 0.3) is 0 Å². The van der Waals surface area contributed by atoms with Crippen LogP contribution in [-0.4, -0.2) is 53.8 Å². The molecular formula is C22H25N5OS. The van der Waals surface area contributed by atoms with Crippen LogP contribution in [0.5, 0.6) is 0 Å². The number of thiophene rings is 1. The highest BCUT2D eigenvalue weighted by atomic mass is 32.1. The molecule has 1 spiro atoms. The number of hydrogen-bond donors (Lipinski definition) is 2. The Bertz CT molecular complexity index is 1050. The van der Waals surface area contributed by atoms with Crippen LogP contribution in [0.1, 0.15) is 30.7 Å². The lowest BCUT2D eigenvalue weighted by atomic mass is 9.66. The molecule has 4 rings (SSSR count). The lowest BCUT2D eigenvalue weighted by Crippen LogP contribution is -2.70. The van der Waals surface area contributed by atoms with Crippen molar-refractivity contribution >= 4 is 23.2 Å². The van der Waals surface area contributed by atoms with Crippen LogP contribution in [0, 0.1) is 22.7 Å². The summed E-state index contributed by atoms with van der Waals surface area (Å²) in [4.78, 5) is 22.4. The van der Waals surface area contributed by atoms with E-state index in [4.69, 9.17) is 5.41 Å². The number of pyridine rings is 1. The second-order valence-electron chi connectivity index (χ2n) is 8.07.